The molecule has 0 heterocycles. The van der Waals surface area contributed by atoms with E-state index in [2.05, 4.69) is 17.6 Å². The summed E-state index contributed by atoms with van der Waals surface area (Å²) in [6, 6.07) is 7.02. The number of hydrogen-bond acceptors (Lipinski definition) is 3. The van der Waals surface area contributed by atoms with Crippen molar-refractivity contribution >= 4 is 6.09 Å². The smallest absolute Gasteiger partial charge is 0.407 e. The second kappa shape index (κ2) is 6.65. The second-order valence-corrected chi connectivity index (χ2v) is 6.78. The highest BCUT2D eigenvalue weighted by Crippen LogP contribution is 2.27. The predicted molar refractivity (Wildman–Crippen MR) is 84.1 cm³/mol. The molecule has 22 heavy (non-hydrogen) atoms. The van der Waals surface area contributed by atoms with Crippen LogP contribution in [0, 0.1) is 5.82 Å². The van der Waals surface area contributed by atoms with Crippen molar-refractivity contribution in [1.29, 1.82) is 0 Å². The zero-order chi connectivity index (χ0) is 16.3. The summed E-state index contributed by atoms with van der Waals surface area (Å²) >= 11 is 0. The molecule has 1 aromatic rings. The highest BCUT2D eigenvalue weighted by atomic mass is 19.1. The average molecular weight is 308 g/mol. The van der Waals surface area contributed by atoms with Gasteiger partial charge in [0.25, 0.3) is 0 Å². The lowest BCUT2D eigenvalue weighted by atomic mass is 10.0. The Balaban J connectivity index is 1.84. The Bertz CT molecular complexity index is 528. The minimum absolute atomic E-state index is 0.0810. The van der Waals surface area contributed by atoms with Gasteiger partial charge in [0.2, 0.25) is 0 Å². The van der Waals surface area contributed by atoms with E-state index in [-0.39, 0.29) is 30.0 Å². The maximum absolute atomic E-state index is 13.3. The molecule has 0 spiro atoms. The van der Waals surface area contributed by atoms with Gasteiger partial charge in [0, 0.05) is 18.1 Å². The highest BCUT2D eigenvalue weighted by molar-refractivity contribution is 5.68. The van der Waals surface area contributed by atoms with Gasteiger partial charge in [0.05, 0.1) is 0 Å². The van der Waals surface area contributed by atoms with Crippen molar-refractivity contribution in [2.75, 3.05) is 0 Å². The first-order valence-corrected chi connectivity index (χ1v) is 7.79. The van der Waals surface area contributed by atoms with Crippen molar-refractivity contribution in [3.8, 4) is 0 Å². The Morgan fingerprint density at radius 2 is 2.14 bits per heavy atom. The molecule has 1 fully saturated rings. The molecular weight excluding hydrogens is 283 g/mol. The van der Waals surface area contributed by atoms with Crippen molar-refractivity contribution in [3.63, 3.8) is 0 Å². The summed E-state index contributed by atoms with van der Waals surface area (Å²) in [7, 11) is 0. The molecule has 5 heteroatoms. The van der Waals surface area contributed by atoms with Gasteiger partial charge >= 0.3 is 6.09 Å². The fraction of sp³-hybridized carbons (Fsp3) is 0.588. The van der Waals surface area contributed by atoms with Crippen molar-refractivity contribution in [2.45, 2.75) is 64.3 Å². The number of halogens is 1. The van der Waals surface area contributed by atoms with Crippen LogP contribution in [0.3, 0.4) is 0 Å². The Morgan fingerprint density at radius 1 is 1.41 bits per heavy atom. The Labute approximate surface area is 131 Å². The van der Waals surface area contributed by atoms with Crippen LogP contribution < -0.4 is 10.6 Å². The third kappa shape index (κ3) is 4.98. The van der Waals surface area contributed by atoms with Crippen LogP contribution in [0.2, 0.25) is 0 Å². The summed E-state index contributed by atoms with van der Waals surface area (Å²) in [6.45, 7) is 7.58. The maximum atomic E-state index is 13.3. The van der Waals surface area contributed by atoms with Gasteiger partial charge < -0.3 is 15.4 Å². The molecule has 0 aliphatic heterocycles. The minimum Gasteiger partial charge on any atom is -0.444 e. The first-order chi connectivity index (χ1) is 10.3. The minimum atomic E-state index is -0.491. The van der Waals surface area contributed by atoms with E-state index in [1.54, 1.807) is 12.1 Å². The Hall–Kier alpha value is -1.62. The molecule has 3 unspecified atom stereocenters. The first kappa shape index (κ1) is 16.7. The van der Waals surface area contributed by atoms with Crippen LogP contribution in [0.4, 0.5) is 9.18 Å². The zero-order valence-electron chi connectivity index (χ0n) is 13.7. The van der Waals surface area contributed by atoms with Gasteiger partial charge in [0.1, 0.15) is 11.4 Å². The van der Waals surface area contributed by atoms with Crippen molar-refractivity contribution in [2.24, 2.45) is 0 Å². The van der Waals surface area contributed by atoms with E-state index >= 15 is 0 Å². The summed E-state index contributed by atoms with van der Waals surface area (Å²) in [6.07, 6.45) is 1.34. The number of alkyl carbamates (subject to hydrolysis) is 1. The highest BCUT2D eigenvalue weighted by Gasteiger charge is 2.40. The van der Waals surface area contributed by atoms with Crippen molar-refractivity contribution < 1.29 is 13.9 Å². The number of carbonyl (C=O) groups excluding carboxylic acids is 1. The van der Waals surface area contributed by atoms with Gasteiger partial charge in [0.15, 0.2) is 0 Å². The fourth-order valence-corrected chi connectivity index (χ4v) is 2.43. The lowest BCUT2D eigenvalue weighted by Crippen LogP contribution is -2.37. The lowest BCUT2D eigenvalue weighted by Gasteiger charge is -2.20. The molecule has 1 aliphatic rings. The number of amides is 1. The molecule has 4 nitrogen and oxygen atoms in total. The number of rotatable bonds is 5. The molecule has 1 aromatic carbocycles. The molecule has 122 valence electrons. The molecule has 0 bridgehead atoms. The average Bonchev–Trinajstić information content (AvgIpc) is 3.11. The van der Waals surface area contributed by atoms with E-state index in [1.165, 1.54) is 6.07 Å². The van der Waals surface area contributed by atoms with Gasteiger partial charge in [-0.2, -0.15) is 0 Å². The van der Waals surface area contributed by atoms with Gasteiger partial charge in [-0.3, -0.25) is 0 Å². The third-order valence-corrected chi connectivity index (χ3v) is 3.57. The standard InChI is InChI=1S/C17H25FN2O2/c1-5-13(11-7-6-8-12(18)9-11)19-14-10-15(14)20-16(21)22-17(2,3)4/h6-9,13-15,19H,5,10H2,1-4H3,(H,20,21). The van der Waals surface area contributed by atoms with Crippen LogP contribution in [0.15, 0.2) is 24.3 Å². The Morgan fingerprint density at radius 3 is 2.73 bits per heavy atom. The van der Waals surface area contributed by atoms with Crippen molar-refractivity contribution in [1.82, 2.24) is 10.6 Å². The van der Waals surface area contributed by atoms with Crippen LogP contribution in [-0.2, 0) is 4.74 Å². The molecule has 2 N–H and O–H groups in total. The van der Waals surface area contributed by atoms with E-state index in [0.717, 1.165) is 18.4 Å². The third-order valence-electron chi connectivity index (χ3n) is 3.57. The van der Waals surface area contributed by atoms with Gasteiger partial charge in [-0.1, -0.05) is 19.1 Å². The molecule has 0 radical (unpaired) electrons. The van der Waals surface area contributed by atoms with Crippen LogP contribution in [-0.4, -0.2) is 23.8 Å². The molecule has 1 aliphatic carbocycles. The first-order valence-electron chi connectivity index (χ1n) is 7.79. The molecular formula is C17H25FN2O2. The topological polar surface area (TPSA) is 50.4 Å². The zero-order valence-corrected chi connectivity index (χ0v) is 13.7. The molecule has 0 saturated heterocycles. The summed E-state index contributed by atoms with van der Waals surface area (Å²) in [4.78, 5) is 11.7. The van der Waals surface area contributed by atoms with E-state index in [9.17, 15) is 9.18 Å². The maximum Gasteiger partial charge on any atom is 0.407 e. The molecule has 1 amide bonds. The second-order valence-electron chi connectivity index (χ2n) is 6.78. The van der Waals surface area contributed by atoms with Crippen LogP contribution in [0.1, 0.15) is 52.1 Å². The number of nitrogens with one attached hydrogen (secondary N) is 2. The quantitative estimate of drug-likeness (QED) is 0.875. The van der Waals surface area contributed by atoms with Gasteiger partial charge in [-0.25, -0.2) is 9.18 Å². The number of benzene rings is 1. The number of carbonyl (C=O) groups is 1. The lowest BCUT2D eigenvalue weighted by molar-refractivity contribution is 0.0522. The van der Waals surface area contributed by atoms with Crippen LogP contribution in [0.5, 0.6) is 0 Å². The van der Waals surface area contributed by atoms with Gasteiger partial charge in [-0.15, -0.1) is 0 Å². The predicted octanol–water partition coefficient (Wildman–Crippen LogP) is 3.53. The van der Waals surface area contributed by atoms with Crippen LogP contribution in [0.25, 0.3) is 0 Å². The largest absolute Gasteiger partial charge is 0.444 e. The van der Waals surface area contributed by atoms with E-state index in [4.69, 9.17) is 4.74 Å². The number of ether oxygens (including phenoxy) is 1. The monoisotopic (exact) mass is 308 g/mol. The van der Waals surface area contributed by atoms with Crippen LogP contribution >= 0.6 is 0 Å². The summed E-state index contributed by atoms with van der Waals surface area (Å²) in [5.74, 6) is -0.225. The normalized spacial score (nSPS) is 22.0. The number of hydrogen-bond donors (Lipinski definition) is 2. The summed E-state index contributed by atoms with van der Waals surface area (Å²) < 4.78 is 18.6. The molecule has 0 aromatic heterocycles. The molecule has 1 saturated carbocycles. The summed E-state index contributed by atoms with van der Waals surface area (Å²) in [5, 5.41) is 6.32. The van der Waals surface area contributed by atoms with Crippen molar-refractivity contribution in [3.05, 3.63) is 35.6 Å². The van der Waals surface area contributed by atoms with E-state index in [0.29, 0.717) is 0 Å². The fourth-order valence-electron chi connectivity index (χ4n) is 2.43. The molecule has 3 atom stereocenters. The SMILES string of the molecule is CCC(NC1CC1NC(=O)OC(C)(C)C)c1cccc(F)c1. The van der Waals surface area contributed by atoms with Gasteiger partial charge in [-0.05, 0) is 51.3 Å². The van der Waals surface area contributed by atoms with E-state index in [1.807, 2.05) is 26.8 Å². The molecule has 2 rings (SSSR count). The van der Waals surface area contributed by atoms with E-state index < -0.39 is 5.60 Å². The Kier molecular flexibility index (Phi) is 5.06. The summed E-state index contributed by atoms with van der Waals surface area (Å²) in [5.41, 5.74) is 0.445.